The highest BCUT2D eigenvalue weighted by Gasteiger charge is 2.40. The molecule has 2 unspecified atom stereocenters. The Balaban J connectivity index is 2.21. The lowest BCUT2D eigenvalue weighted by molar-refractivity contribution is 0.198. The number of rotatable bonds is 4. The summed E-state index contributed by atoms with van der Waals surface area (Å²) in [7, 11) is 0. The fourth-order valence-electron chi connectivity index (χ4n) is 3.13. The zero-order valence-corrected chi connectivity index (χ0v) is 11.1. The van der Waals surface area contributed by atoms with Gasteiger partial charge in [0.1, 0.15) is 0 Å². The fourth-order valence-corrected chi connectivity index (χ4v) is 3.13. The largest absolute Gasteiger partial charge is 0.273 e. The van der Waals surface area contributed by atoms with Gasteiger partial charge in [-0.2, -0.15) is 5.10 Å². The molecule has 4 nitrogen and oxygen atoms in total. The van der Waals surface area contributed by atoms with E-state index in [1.165, 1.54) is 24.8 Å². The molecule has 1 aromatic rings. The second-order valence-corrected chi connectivity index (χ2v) is 5.76. The molecule has 0 aromatic carbocycles. The van der Waals surface area contributed by atoms with Gasteiger partial charge in [-0.15, -0.1) is 0 Å². The molecule has 1 aromatic heterocycles. The Hall–Kier alpha value is -0.870. The van der Waals surface area contributed by atoms with Gasteiger partial charge < -0.3 is 0 Å². The average Bonchev–Trinajstić information content (AvgIpc) is 2.88. The monoisotopic (exact) mass is 236 g/mol. The van der Waals surface area contributed by atoms with Crippen LogP contribution in [0.4, 0.5) is 0 Å². The quantitative estimate of drug-likeness (QED) is 0.622. The van der Waals surface area contributed by atoms with E-state index in [4.69, 9.17) is 5.84 Å². The van der Waals surface area contributed by atoms with Crippen molar-refractivity contribution in [2.45, 2.75) is 52.6 Å². The Bertz CT molecular complexity index is 369. The minimum atomic E-state index is 0.229. The first-order valence-corrected chi connectivity index (χ1v) is 6.57. The van der Waals surface area contributed by atoms with Crippen molar-refractivity contribution in [2.75, 3.05) is 0 Å². The lowest BCUT2D eigenvalue weighted by Crippen LogP contribution is -2.37. The van der Waals surface area contributed by atoms with Crippen LogP contribution in [0.1, 0.15) is 51.6 Å². The van der Waals surface area contributed by atoms with Gasteiger partial charge in [0.15, 0.2) is 0 Å². The summed E-state index contributed by atoms with van der Waals surface area (Å²) in [5, 5.41) is 4.34. The lowest BCUT2D eigenvalue weighted by Gasteiger charge is -2.33. The third-order valence-electron chi connectivity index (χ3n) is 4.26. The molecule has 1 aliphatic rings. The van der Waals surface area contributed by atoms with Crippen LogP contribution in [0.25, 0.3) is 0 Å². The molecular weight excluding hydrogens is 212 g/mol. The van der Waals surface area contributed by atoms with E-state index in [1.54, 1.807) is 0 Å². The van der Waals surface area contributed by atoms with Gasteiger partial charge >= 0.3 is 0 Å². The predicted molar refractivity (Wildman–Crippen MR) is 69.1 cm³/mol. The topological polar surface area (TPSA) is 55.9 Å². The molecule has 0 aliphatic heterocycles. The fraction of sp³-hybridized carbons (Fsp3) is 0.769. The van der Waals surface area contributed by atoms with Gasteiger partial charge in [0.2, 0.25) is 0 Å². The lowest BCUT2D eigenvalue weighted by atomic mass is 9.76. The number of hydrogen-bond acceptors (Lipinski definition) is 3. The molecule has 0 radical (unpaired) electrons. The van der Waals surface area contributed by atoms with Crippen molar-refractivity contribution >= 4 is 0 Å². The molecule has 3 N–H and O–H groups in total. The first kappa shape index (κ1) is 12.6. The summed E-state index contributed by atoms with van der Waals surface area (Å²) in [6.45, 7) is 7.70. The maximum absolute atomic E-state index is 5.77. The molecule has 1 saturated carbocycles. The second-order valence-electron chi connectivity index (χ2n) is 5.76. The van der Waals surface area contributed by atoms with Gasteiger partial charge in [-0.25, -0.2) is 0 Å². The summed E-state index contributed by atoms with van der Waals surface area (Å²) in [5.74, 6) is 6.37. The number of aromatic nitrogens is 2. The van der Waals surface area contributed by atoms with E-state index in [-0.39, 0.29) is 6.04 Å². The molecule has 0 saturated heterocycles. The average molecular weight is 236 g/mol. The van der Waals surface area contributed by atoms with Gasteiger partial charge in [0, 0.05) is 18.3 Å². The molecule has 1 aliphatic carbocycles. The maximum atomic E-state index is 5.77. The normalized spacial score (nSPS) is 25.1. The zero-order valence-electron chi connectivity index (χ0n) is 11.1. The predicted octanol–water partition coefficient (Wildman–Crippen LogP) is 2.23. The molecular formula is C13H24N4. The minimum Gasteiger partial charge on any atom is -0.273 e. The Labute approximate surface area is 104 Å². The zero-order chi connectivity index (χ0) is 12.5. The van der Waals surface area contributed by atoms with Crippen LogP contribution >= 0.6 is 0 Å². The van der Waals surface area contributed by atoms with Crippen molar-refractivity contribution in [3.05, 3.63) is 18.0 Å². The molecule has 1 heterocycles. The van der Waals surface area contributed by atoms with Crippen LogP contribution in [0.2, 0.25) is 0 Å². The van der Waals surface area contributed by atoms with E-state index >= 15 is 0 Å². The van der Waals surface area contributed by atoms with Gasteiger partial charge in [-0.1, -0.05) is 20.3 Å². The standard InChI is InChI=1S/C13H24N4/c1-4-17-9-10(8-15-17)12(16-14)11-6-5-7-13(11,2)3/h8-9,11-12,16H,4-7,14H2,1-3H3. The molecule has 1 fully saturated rings. The third-order valence-corrected chi connectivity index (χ3v) is 4.26. The highest BCUT2D eigenvalue weighted by atomic mass is 15.3. The minimum absolute atomic E-state index is 0.229. The summed E-state index contributed by atoms with van der Waals surface area (Å²) in [4.78, 5) is 0. The van der Waals surface area contributed by atoms with E-state index in [0.29, 0.717) is 11.3 Å². The summed E-state index contributed by atoms with van der Waals surface area (Å²) >= 11 is 0. The van der Waals surface area contributed by atoms with E-state index in [0.717, 1.165) is 6.54 Å². The number of hydrogen-bond donors (Lipinski definition) is 2. The Morgan fingerprint density at radius 1 is 1.65 bits per heavy atom. The number of nitrogens with one attached hydrogen (secondary N) is 1. The van der Waals surface area contributed by atoms with Crippen LogP contribution in [0, 0.1) is 11.3 Å². The van der Waals surface area contributed by atoms with Crippen LogP contribution in [-0.4, -0.2) is 9.78 Å². The molecule has 4 heteroatoms. The summed E-state index contributed by atoms with van der Waals surface area (Å²) in [6.07, 6.45) is 7.90. The number of nitrogens with two attached hydrogens (primary N) is 1. The Kier molecular flexibility index (Phi) is 3.54. The molecule has 96 valence electrons. The van der Waals surface area contributed by atoms with E-state index in [9.17, 15) is 0 Å². The van der Waals surface area contributed by atoms with Crippen molar-refractivity contribution in [1.82, 2.24) is 15.2 Å². The Morgan fingerprint density at radius 2 is 2.41 bits per heavy atom. The van der Waals surface area contributed by atoms with Crippen molar-refractivity contribution in [2.24, 2.45) is 17.2 Å². The molecule has 2 rings (SSSR count). The second kappa shape index (κ2) is 4.78. The summed E-state index contributed by atoms with van der Waals surface area (Å²) in [5.41, 5.74) is 4.58. The van der Waals surface area contributed by atoms with Crippen LogP contribution in [-0.2, 0) is 6.54 Å². The Morgan fingerprint density at radius 3 is 2.88 bits per heavy atom. The first-order chi connectivity index (χ1) is 8.08. The number of aryl methyl sites for hydroxylation is 1. The van der Waals surface area contributed by atoms with Crippen molar-refractivity contribution in [3.63, 3.8) is 0 Å². The number of hydrazine groups is 1. The maximum Gasteiger partial charge on any atom is 0.0538 e. The van der Waals surface area contributed by atoms with Gasteiger partial charge in [0.05, 0.1) is 12.2 Å². The van der Waals surface area contributed by atoms with Crippen LogP contribution in [0.5, 0.6) is 0 Å². The van der Waals surface area contributed by atoms with E-state index in [2.05, 4.69) is 37.5 Å². The van der Waals surface area contributed by atoms with E-state index in [1.807, 2.05) is 10.9 Å². The molecule has 17 heavy (non-hydrogen) atoms. The van der Waals surface area contributed by atoms with E-state index < -0.39 is 0 Å². The highest BCUT2D eigenvalue weighted by molar-refractivity contribution is 5.13. The molecule has 0 bridgehead atoms. The van der Waals surface area contributed by atoms with Crippen molar-refractivity contribution in [1.29, 1.82) is 0 Å². The van der Waals surface area contributed by atoms with Gasteiger partial charge in [0.25, 0.3) is 0 Å². The SMILES string of the molecule is CCn1cc(C(NN)C2CCCC2(C)C)cn1. The highest BCUT2D eigenvalue weighted by Crippen LogP contribution is 2.48. The van der Waals surface area contributed by atoms with Gasteiger partial charge in [-0.05, 0) is 31.1 Å². The van der Waals surface area contributed by atoms with Gasteiger partial charge in [-0.3, -0.25) is 16.0 Å². The van der Waals surface area contributed by atoms with Crippen LogP contribution in [0.3, 0.4) is 0 Å². The van der Waals surface area contributed by atoms with Crippen LogP contribution < -0.4 is 11.3 Å². The summed E-state index contributed by atoms with van der Waals surface area (Å²) in [6, 6.07) is 0.229. The molecule has 2 atom stereocenters. The van der Waals surface area contributed by atoms with Crippen LogP contribution in [0.15, 0.2) is 12.4 Å². The summed E-state index contributed by atoms with van der Waals surface area (Å²) < 4.78 is 1.96. The first-order valence-electron chi connectivity index (χ1n) is 6.57. The molecule has 0 spiro atoms. The van der Waals surface area contributed by atoms with Crippen molar-refractivity contribution in [3.8, 4) is 0 Å². The molecule has 0 amide bonds. The van der Waals surface area contributed by atoms with Crippen molar-refractivity contribution < 1.29 is 0 Å². The third kappa shape index (κ3) is 2.38. The smallest absolute Gasteiger partial charge is 0.0538 e. The number of nitrogens with zero attached hydrogens (tertiary/aromatic N) is 2.